The first-order valence-electron chi connectivity index (χ1n) is 10.5. The Morgan fingerprint density at radius 1 is 1.06 bits per heavy atom. The predicted molar refractivity (Wildman–Crippen MR) is 123 cm³/mol. The first-order valence-corrected chi connectivity index (χ1v) is 12.0. The Labute approximate surface area is 190 Å². The van der Waals surface area contributed by atoms with E-state index in [1.165, 1.54) is 24.3 Å². The summed E-state index contributed by atoms with van der Waals surface area (Å²) in [5.74, 6) is -1.45. The third-order valence-corrected chi connectivity index (χ3v) is 7.64. The van der Waals surface area contributed by atoms with Gasteiger partial charge in [-0.3, -0.25) is 4.72 Å². The number of rotatable bonds is 5. The minimum atomic E-state index is -3.97. The van der Waals surface area contributed by atoms with Gasteiger partial charge in [0.05, 0.1) is 22.2 Å². The van der Waals surface area contributed by atoms with E-state index in [1.54, 1.807) is 30.3 Å². The van der Waals surface area contributed by atoms with E-state index in [1.807, 2.05) is 12.1 Å². The Balaban J connectivity index is 1.47. The third kappa shape index (κ3) is 3.87. The molecule has 0 saturated heterocycles. The number of fused-ring (bicyclic) bond motifs is 3. The molecule has 0 amide bonds. The molecule has 0 aromatic heterocycles. The van der Waals surface area contributed by atoms with Crippen molar-refractivity contribution in [2.24, 2.45) is 5.92 Å². The number of carboxylic acid groups (broad SMARTS) is 1. The summed E-state index contributed by atoms with van der Waals surface area (Å²) in [7, 11) is -3.97. The van der Waals surface area contributed by atoms with Gasteiger partial charge in [-0.15, -0.1) is 0 Å². The predicted octanol–water partition coefficient (Wildman–Crippen LogP) is 5.15. The van der Waals surface area contributed by atoms with Crippen LogP contribution in [0.1, 0.15) is 39.9 Å². The molecule has 1 heterocycles. The lowest BCUT2D eigenvalue weighted by atomic mass is 9.77. The molecule has 6 nitrogen and oxygen atoms in total. The zero-order valence-electron chi connectivity index (χ0n) is 17.4. The molecule has 168 valence electrons. The van der Waals surface area contributed by atoms with Gasteiger partial charge < -0.3 is 10.4 Å². The van der Waals surface area contributed by atoms with E-state index in [9.17, 15) is 17.6 Å². The number of nitrogens with one attached hydrogen (secondary N) is 2. The molecule has 0 radical (unpaired) electrons. The van der Waals surface area contributed by atoms with E-state index in [0.717, 1.165) is 23.2 Å². The van der Waals surface area contributed by atoms with Gasteiger partial charge >= 0.3 is 5.97 Å². The molecule has 0 saturated carbocycles. The van der Waals surface area contributed by atoms with Crippen LogP contribution in [0, 0.1) is 11.7 Å². The average Bonchev–Trinajstić information content (AvgIpc) is 3.30. The largest absolute Gasteiger partial charge is 0.478 e. The van der Waals surface area contributed by atoms with Gasteiger partial charge in [0.25, 0.3) is 10.0 Å². The van der Waals surface area contributed by atoms with Crippen molar-refractivity contribution in [3.63, 3.8) is 0 Å². The molecule has 0 bridgehead atoms. The number of aromatic carboxylic acids is 1. The molecule has 33 heavy (non-hydrogen) atoms. The summed E-state index contributed by atoms with van der Waals surface area (Å²) in [4.78, 5) is 11.2. The molecule has 3 aromatic rings. The van der Waals surface area contributed by atoms with Crippen LogP contribution in [-0.2, 0) is 10.0 Å². The van der Waals surface area contributed by atoms with Crippen LogP contribution in [0.2, 0.25) is 0 Å². The highest BCUT2D eigenvalue weighted by molar-refractivity contribution is 7.92. The maximum atomic E-state index is 14.0. The second-order valence-electron chi connectivity index (χ2n) is 8.24. The number of hydrogen-bond donors (Lipinski definition) is 3. The molecule has 3 N–H and O–H groups in total. The normalized spacial score (nSPS) is 21.1. The van der Waals surface area contributed by atoms with Crippen molar-refractivity contribution in [1.82, 2.24) is 0 Å². The minimum absolute atomic E-state index is 0.00834. The Hall–Kier alpha value is -3.65. The summed E-state index contributed by atoms with van der Waals surface area (Å²) >= 11 is 0. The van der Waals surface area contributed by atoms with Crippen LogP contribution in [-0.4, -0.2) is 19.5 Å². The molecule has 1 aliphatic heterocycles. The van der Waals surface area contributed by atoms with Crippen LogP contribution in [0.3, 0.4) is 0 Å². The van der Waals surface area contributed by atoms with Crippen LogP contribution in [0.4, 0.5) is 15.8 Å². The number of allylic oxidation sites excluding steroid dienone is 2. The summed E-state index contributed by atoms with van der Waals surface area (Å²) < 4.78 is 42.2. The van der Waals surface area contributed by atoms with Gasteiger partial charge in [-0.2, -0.15) is 0 Å². The Bertz CT molecular complexity index is 1370. The first-order chi connectivity index (χ1) is 15.8. The Kier molecular flexibility index (Phi) is 5.17. The lowest BCUT2D eigenvalue weighted by Crippen LogP contribution is -2.29. The van der Waals surface area contributed by atoms with E-state index in [2.05, 4.69) is 22.2 Å². The fourth-order valence-electron chi connectivity index (χ4n) is 4.65. The second-order valence-corrected chi connectivity index (χ2v) is 9.92. The number of hydrogen-bond acceptors (Lipinski definition) is 4. The van der Waals surface area contributed by atoms with Gasteiger partial charge in [0.2, 0.25) is 0 Å². The Morgan fingerprint density at radius 3 is 2.55 bits per heavy atom. The molecule has 1 aliphatic carbocycles. The van der Waals surface area contributed by atoms with Crippen molar-refractivity contribution >= 4 is 27.4 Å². The van der Waals surface area contributed by atoms with Crippen molar-refractivity contribution in [3.05, 3.63) is 101 Å². The van der Waals surface area contributed by atoms with Crippen LogP contribution >= 0.6 is 0 Å². The zero-order valence-corrected chi connectivity index (χ0v) is 18.2. The molecule has 8 heteroatoms. The van der Waals surface area contributed by atoms with E-state index >= 15 is 0 Å². The first kappa shape index (κ1) is 21.2. The number of carboxylic acids is 1. The number of carbonyl (C=O) groups is 1. The van der Waals surface area contributed by atoms with Gasteiger partial charge in [-0.25, -0.2) is 17.6 Å². The van der Waals surface area contributed by atoms with E-state index in [4.69, 9.17) is 5.11 Å². The molecule has 0 spiro atoms. The fourth-order valence-corrected chi connectivity index (χ4v) is 5.75. The van der Waals surface area contributed by atoms with Gasteiger partial charge in [-0.1, -0.05) is 36.4 Å². The lowest BCUT2D eigenvalue weighted by Gasteiger charge is -2.37. The summed E-state index contributed by atoms with van der Waals surface area (Å²) in [5.41, 5.74) is 2.79. The van der Waals surface area contributed by atoms with Gasteiger partial charge in [0.1, 0.15) is 5.82 Å². The molecule has 2 aliphatic rings. The quantitative estimate of drug-likeness (QED) is 0.454. The molecular formula is C25H21FN2O4S. The molecule has 2 unspecified atom stereocenters. The Morgan fingerprint density at radius 2 is 1.82 bits per heavy atom. The van der Waals surface area contributed by atoms with Gasteiger partial charge in [0, 0.05) is 11.6 Å². The van der Waals surface area contributed by atoms with Crippen LogP contribution in [0.25, 0.3) is 0 Å². The number of halogens is 1. The standard InChI is InChI=1S/C25H21FN2O4S/c26-21-6-1-2-7-23(21)28-33(31,32)17-12-13-22-20(14-17)18-4-3-5-19(18)24(27-22)15-8-10-16(11-9-15)25(29)30/h1-4,6-14,18-19,24,27-28H,5H2,(H,29,30)/t18?,19?,24-/m1/s1. The smallest absolute Gasteiger partial charge is 0.335 e. The number of sulfonamides is 1. The van der Waals surface area contributed by atoms with Crippen LogP contribution in [0.5, 0.6) is 0 Å². The fraction of sp³-hybridized carbons (Fsp3) is 0.160. The number of para-hydroxylation sites is 1. The topological polar surface area (TPSA) is 95.5 Å². The van der Waals surface area contributed by atoms with Crippen molar-refractivity contribution in [2.75, 3.05) is 10.0 Å². The summed E-state index contributed by atoms with van der Waals surface area (Å²) in [6, 6.07) is 17.3. The molecule has 3 atom stereocenters. The zero-order chi connectivity index (χ0) is 23.2. The highest BCUT2D eigenvalue weighted by atomic mass is 32.2. The third-order valence-electron chi connectivity index (χ3n) is 6.28. The minimum Gasteiger partial charge on any atom is -0.478 e. The number of benzene rings is 3. The molecule has 0 fully saturated rings. The monoisotopic (exact) mass is 464 g/mol. The van der Waals surface area contributed by atoms with Gasteiger partial charge in [0.15, 0.2) is 0 Å². The SMILES string of the molecule is O=C(O)c1ccc([C@H]2Nc3ccc(S(=O)(=O)Nc4ccccc4F)cc3C3C=CCC32)cc1. The van der Waals surface area contributed by atoms with Crippen molar-refractivity contribution in [3.8, 4) is 0 Å². The van der Waals surface area contributed by atoms with Crippen molar-refractivity contribution < 1.29 is 22.7 Å². The van der Waals surface area contributed by atoms with Crippen LogP contribution in [0.15, 0.2) is 83.8 Å². The van der Waals surface area contributed by atoms with E-state index in [-0.39, 0.29) is 34.0 Å². The highest BCUT2D eigenvalue weighted by Gasteiger charge is 2.38. The maximum absolute atomic E-state index is 14.0. The second kappa shape index (κ2) is 8.04. The van der Waals surface area contributed by atoms with Crippen LogP contribution < -0.4 is 10.0 Å². The molecular weight excluding hydrogens is 443 g/mol. The summed E-state index contributed by atoms with van der Waals surface area (Å²) in [5, 5.41) is 12.7. The van der Waals surface area contributed by atoms with E-state index in [0.29, 0.717) is 0 Å². The molecule has 3 aromatic carbocycles. The molecule has 5 rings (SSSR count). The maximum Gasteiger partial charge on any atom is 0.335 e. The number of anilines is 2. The average molecular weight is 465 g/mol. The van der Waals surface area contributed by atoms with Gasteiger partial charge in [-0.05, 0) is 65.9 Å². The highest BCUT2D eigenvalue weighted by Crippen LogP contribution is 2.50. The van der Waals surface area contributed by atoms with Crippen molar-refractivity contribution in [2.45, 2.75) is 23.3 Å². The lowest BCUT2D eigenvalue weighted by molar-refractivity contribution is 0.0697. The van der Waals surface area contributed by atoms with Crippen molar-refractivity contribution in [1.29, 1.82) is 0 Å². The van der Waals surface area contributed by atoms with E-state index < -0.39 is 21.8 Å². The summed E-state index contributed by atoms with van der Waals surface area (Å²) in [6.07, 6.45) is 4.99. The summed E-state index contributed by atoms with van der Waals surface area (Å²) in [6.45, 7) is 0.